The minimum atomic E-state index is 0.278. The highest BCUT2D eigenvalue weighted by molar-refractivity contribution is 5.79. The molecule has 1 N–H and O–H groups in total. The van der Waals surface area contributed by atoms with E-state index >= 15 is 0 Å². The van der Waals surface area contributed by atoms with Crippen LogP contribution in [0.5, 0.6) is 0 Å². The summed E-state index contributed by atoms with van der Waals surface area (Å²) in [7, 11) is 0. The van der Waals surface area contributed by atoms with Crippen LogP contribution in [-0.2, 0) is 11.3 Å². The second kappa shape index (κ2) is 4.99. The molecule has 0 aromatic carbocycles. The lowest BCUT2D eigenvalue weighted by atomic mass is 10.0. The highest BCUT2D eigenvalue weighted by Crippen LogP contribution is 2.54. The van der Waals surface area contributed by atoms with Crippen LogP contribution in [0.15, 0.2) is 6.07 Å². The Labute approximate surface area is 114 Å². The summed E-state index contributed by atoms with van der Waals surface area (Å²) in [6.07, 6.45) is 4.59. The molecule has 2 aliphatic rings. The van der Waals surface area contributed by atoms with Crippen LogP contribution in [0.3, 0.4) is 0 Å². The van der Waals surface area contributed by atoms with Crippen LogP contribution in [0.25, 0.3) is 0 Å². The fourth-order valence-corrected chi connectivity index (χ4v) is 3.41. The van der Waals surface area contributed by atoms with Crippen LogP contribution in [0, 0.1) is 31.6 Å². The normalized spacial score (nSPS) is 28.2. The molecule has 0 aliphatic heterocycles. The number of hydrogen-bond acceptors (Lipinski definition) is 2. The SMILES string of the molecule is Cc1cc(C)n(CCCNC(=O)C2CC3CC3C2)n1. The number of nitrogens with zero attached hydrogens (tertiary/aromatic N) is 2. The molecule has 2 unspecified atom stereocenters. The number of aromatic nitrogens is 2. The number of amides is 1. The molecule has 3 rings (SSSR count). The Morgan fingerprint density at radius 3 is 2.74 bits per heavy atom. The molecule has 2 fully saturated rings. The second-order valence-electron chi connectivity index (χ2n) is 6.22. The third-order valence-corrected chi connectivity index (χ3v) is 4.56. The molecule has 0 spiro atoms. The topological polar surface area (TPSA) is 46.9 Å². The summed E-state index contributed by atoms with van der Waals surface area (Å²) in [5.74, 6) is 2.34. The van der Waals surface area contributed by atoms with Crippen LogP contribution in [0.4, 0.5) is 0 Å². The van der Waals surface area contributed by atoms with Gasteiger partial charge in [0.15, 0.2) is 0 Å². The van der Waals surface area contributed by atoms with E-state index in [4.69, 9.17) is 0 Å². The van der Waals surface area contributed by atoms with Crippen molar-refractivity contribution in [2.24, 2.45) is 17.8 Å². The number of aryl methyl sites for hydroxylation is 3. The van der Waals surface area contributed by atoms with Gasteiger partial charge in [0.2, 0.25) is 5.91 Å². The average Bonchev–Trinajstić information content (AvgIpc) is 2.84. The minimum absolute atomic E-state index is 0.278. The van der Waals surface area contributed by atoms with Gasteiger partial charge >= 0.3 is 0 Å². The van der Waals surface area contributed by atoms with Gasteiger partial charge in [-0.25, -0.2) is 0 Å². The molecule has 2 atom stereocenters. The highest BCUT2D eigenvalue weighted by Gasteiger charge is 2.47. The number of rotatable bonds is 5. The predicted octanol–water partition coefficient (Wildman–Crippen LogP) is 2.05. The van der Waals surface area contributed by atoms with Gasteiger partial charge in [-0.15, -0.1) is 0 Å². The molecule has 0 radical (unpaired) electrons. The summed E-state index contributed by atoms with van der Waals surface area (Å²) in [6, 6.07) is 2.09. The van der Waals surface area contributed by atoms with Crippen molar-refractivity contribution < 1.29 is 4.79 Å². The molecule has 1 aromatic heterocycles. The molecule has 4 nitrogen and oxygen atoms in total. The van der Waals surface area contributed by atoms with Gasteiger partial charge in [-0.3, -0.25) is 9.48 Å². The largest absolute Gasteiger partial charge is 0.356 e. The average molecular weight is 261 g/mol. The van der Waals surface area contributed by atoms with E-state index in [0.29, 0.717) is 5.92 Å². The van der Waals surface area contributed by atoms with Gasteiger partial charge in [0, 0.05) is 24.7 Å². The van der Waals surface area contributed by atoms with Crippen LogP contribution in [0.2, 0.25) is 0 Å². The maximum Gasteiger partial charge on any atom is 0.223 e. The van der Waals surface area contributed by atoms with Crippen molar-refractivity contribution in [1.82, 2.24) is 15.1 Å². The van der Waals surface area contributed by atoms with Gasteiger partial charge in [0.1, 0.15) is 0 Å². The molecule has 4 heteroatoms. The molecular formula is C15H23N3O. The first-order valence-electron chi connectivity index (χ1n) is 7.42. The van der Waals surface area contributed by atoms with Gasteiger partial charge in [-0.05, 0) is 57.4 Å². The zero-order chi connectivity index (χ0) is 13.4. The monoisotopic (exact) mass is 261 g/mol. The summed E-state index contributed by atoms with van der Waals surface area (Å²) in [4.78, 5) is 12.0. The van der Waals surface area contributed by atoms with Crippen molar-refractivity contribution in [2.75, 3.05) is 6.54 Å². The zero-order valence-corrected chi connectivity index (χ0v) is 11.9. The van der Waals surface area contributed by atoms with Gasteiger partial charge in [-0.2, -0.15) is 5.10 Å². The van der Waals surface area contributed by atoms with Crippen LogP contribution in [-0.4, -0.2) is 22.2 Å². The van der Waals surface area contributed by atoms with E-state index in [2.05, 4.69) is 23.4 Å². The summed E-state index contributed by atoms with van der Waals surface area (Å²) >= 11 is 0. The highest BCUT2D eigenvalue weighted by atomic mass is 16.1. The molecule has 2 aliphatic carbocycles. The van der Waals surface area contributed by atoms with E-state index in [9.17, 15) is 4.79 Å². The second-order valence-corrected chi connectivity index (χ2v) is 6.22. The van der Waals surface area contributed by atoms with Crippen molar-refractivity contribution in [3.05, 3.63) is 17.5 Å². The number of hydrogen-bond donors (Lipinski definition) is 1. The van der Waals surface area contributed by atoms with Gasteiger partial charge in [0.05, 0.1) is 5.69 Å². The van der Waals surface area contributed by atoms with Crippen molar-refractivity contribution >= 4 is 5.91 Å². The zero-order valence-electron chi connectivity index (χ0n) is 11.9. The third kappa shape index (κ3) is 2.82. The van der Waals surface area contributed by atoms with Crippen molar-refractivity contribution in [3.63, 3.8) is 0 Å². The molecule has 1 amide bonds. The Kier molecular flexibility index (Phi) is 3.33. The van der Waals surface area contributed by atoms with E-state index in [1.165, 1.54) is 12.1 Å². The Morgan fingerprint density at radius 2 is 2.11 bits per heavy atom. The Hall–Kier alpha value is -1.32. The maximum atomic E-state index is 12.0. The smallest absolute Gasteiger partial charge is 0.223 e. The predicted molar refractivity (Wildman–Crippen MR) is 73.6 cm³/mol. The van der Waals surface area contributed by atoms with Gasteiger partial charge in [0.25, 0.3) is 0 Å². The van der Waals surface area contributed by atoms with Crippen molar-refractivity contribution in [3.8, 4) is 0 Å². The molecule has 1 heterocycles. The molecular weight excluding hydrogens is 238 g/mol. The number of nitrogens with one attached hydrogen (secondary N) is 1. The summed E-state index contributed by atoms with van der Waals surface area (Å²) in [5.41, 5.74) is 2.26. The van der Waals surface area contributed by atoms with Crippen molar-refractivity contribution in [1.29, 1.82) is 0 Å². The van der Waals surface area contributed by atoms with Gasteiger partial charge in [-0.1, -0.05) is 0 Å². The fourth-order valence-electron chi connectivity index (χ4n) is 3.41. The summed E-state index contributed by atoms with van der Waals surface area (Å²) < 4.78 is 2.02. The molecule has 1 aromatic rings. The van der Waals surface area contributed by atoms with E-state index in [-0.39, 0.29) is 5.91 Å². The van der Waals surface area contributed by atoms with Crippen LogP contribution in [0.1, 0.15) is 37.1 Å². The summed E-state index contributed by atoms with van der Waals surface area (Å²) in [6.45, 7) is 5.74. The Bertz CT molecular complexity index is 470. The number of carbonyl (C=O) groups is 1. The standard InChI is InChI=1S/C15H23N3O/c1-10-6-11(2)18(17-10)5-3-4-16-15(19)14-8-12-7-13(12)9-14/h6,12-14H,3-5,7-9H2,1-2H3,(H,16,19). The molecule has 0 bridgehead atoms. The van der Waals surface area contributed by atoms with Crippen molar-refractivity contribution in [2.45, 2.75) is 46.1 Å². The first-order valence-corrected chi connectivity index (χ1v) is 7.42. The first-order chi connectivity index (χ1) is 9.13. The lowest BCUT2D eigenvalue weighted by Crippen LogP contribution is -2.31. The maximum absolute atomic E-state index is 12.0. The molecule has 104 valence electrons. The summed E-state index contributed by atoms with van der Waals surface area (Å²) in [5, 5.41) is 7.51. The lowest BCUT2D eigenvalue weighted by molar-refractivity contribution is -0.125. The number of carbonyl (C=O) groups excluding carboxylic acids is 1. The van der Waals surface area contributed by atoms with E-state index in [1.807, 2.05) is 11.6 Å². The van der Waals surface area contributed by atoms with E-state index < -0.39 is 0 Å². The van der Waals surface area contributed by atoms with Crippen LogP contribution >= 0.6 is 0 Å². The Balaban J connectivity index is 1.36. The van der Waals surface area contributed by atoms with E-state index in [0.717, 1.165) is 49.9 Å². The molecule has 19 heavy (non-hydrogen) atoms. The minimum Gasteiger partial charge on any atom is -0.356 e. The lowest BCUT2D eigenvalue weighted by Gasteiger charge is -2.12. The Morgan fingerprint density at radius 1 is 1.37 bits per heavy atom. The van der Waals surface area contributed by atoms with Gasteiger partial charge < -0.3 is 5.32 Å². The number of fused-ring (bicyclic) bond motifs is 1. The molecule has 2 saturated carbocycles. The third-order valence-electron chi connectivity index (χ3n) is 4.56. The molecule has 0 saturated heterocycles. The van der Waals surface area contributed by atoms with Crippen LogP contribution < -0.4 is 5.32 Å². The quantitative estimate of drug-likeness (QED) is 0.825. The van der Waals surface area contributed by atoms with E-state index in [1.54, 1.807) is 0 Å². The fraction of sp³-hybridized carbons (Fsp3) is 0.733. The first kappa shape index (κ1) is 12.7.